The zero-order valence-electron chi connectivity index (χ0n) is 7.77. The van der Waals surface area contributed by atoms with Gasteiger partial charge in [0.25, 0.3) is 5.91 Å². The van der Waals surface area contributed by atoms with E-state index in [0.717, 1.165) is 5.56 Å². The van der Waals surface area contributed by atoms with Crippen molar-refractivity contribution in [3.63, 3.8) is 0 Å². The summed E-state index contributed by atoms with van der Waals surface area (Å²) in [6, 6.07) is 1.69. The molecule has 0 bridgehead atoms. The van der Waals surface area contributed by atoms with Gasteiger partial charge in [0.15, 0.2) is 6.10 Å². The highest BCUT2D eigenvalue weighted by atomic mass is 16.6. The predicted octanol–water partition coefficient (Wildman–Crippen LogP) is 0.0401. The molecule has 1 unspecified atom stereocenters. The van der Waals surface area contributed by atoms with Gasteiger partial charge in [-0.25, -0.2) is 4.79 Å². The lowest BCUT2D eigenvalue weighted by atomic mass is 10.0. The number of primary amides is 1. The number of aromatic nitrogens is 1. The standard InChI is InChI=1S/C9H9N3O3/c10-9(14)15-7-3-5-4-11-2-1-6(5)12-8(7)13/h1-2,4,7H,3H2,(H2,10,14)(H,12,13). The zero-order chi connectivity index (χ0) is 10.8. The molecule has 0 fully saturated rings. The van der Waals surface area contributed by atoms with Gasteiger partial charge in [-0.05, 0) is 11.6 Å². The summed E-state index contributed by atoms with van der Waals surface area (Å²) in [6.07, 6.45) is 1.68. The number of hydrogen-bond donors (Lipinski definition) is 2. The van der Waals surface area contributed by atoms with Gasteiger partial charge in [-0.1, -0.05) is 0 Å². The van der Waals surface area contributed by atoms with Crippen LogP contribution >= 0.6 is 0 Å². The topological polar surface area (TPSA) is 94.3 Å². The summed E-state index contributed by atoms with van der Waals surface area (Å²) in [6.45, 7) is 0. The van der Waals surface area contributed by atoms with Crippen molar-refractivity contribution >= 4 is 17.7 Å². The third-order valence-corrected chi connectivity index (χ3v) is 2.12. The van der Waals surface area contributed by atoms with Crippen molar-refractivity contribution in [2.24, 2.45) is 5.73 Å². The molecule has 0 aromatic carbocycles. The van der Waals surface area contributed by atoms with Gasteiger partial charge in [0.1, 0.15) is 0 Å². The molecule has 0 aliphatic carbocycles. The van der Waals surface area contributed by atoms with Crippen LogP contribution in [-0.2, 0) is 16.0 Å². The minimum atomic E-state index is -0.956. The fraction of sp³-hybridized carbons (Fsp3) is 0.222. The van der Waals surface area contributed by atoms with E-state index in [2.05, 4.69) is 15.0 Å². The third-order valence-electron chi connectivity index (χ3n) is 2.12. The lowest BCUT2D eigenvalue weighted by molar-refractivity contribution is -0.124. The minimum absolute atomic E-state index is 0.304. The van der Waals surface area contributed by atoms with Gasteiger partial charge < -0.3 is 15.8 Å². The van der Waals surface area contributed by atoms with Gasteiger partial charge in [0, 0.05) is 24.5 Å². The number of nitrogens with one attached hydrogen (secondary N) is 1. The summed E-state index contributed by atoms with van der Waals surface area (Å²) in [4.78, 5) is 25.9. The smallest absolute Gasteiger partial charge is 0.405 e. The lowest BCUT2D eigenvalue weighted by Crippen LogP contribution is -2.39. The molecule has 0 saturated heterocycles. The van der Waals surface area contributed by atoms with Crippen LogP contribution in [-0.4, -0.2) is 23.1 Å². The first-order chi connectivity index (χ1) is 7.16. The molecule has 6 heteroatoms. The highest BCUT2D eigenvalue weighted by molar-refractivity contribution is 5.98. The molecule has 1 aromatic rings. The summed E-state index contributed by atoms with van der Waals surface area (Å²) in [5.74, 6) is -0.368. The SMILES string of the molecule is NC(=O)OC1Cc2cnccc2NC1=O. The molecule has 1 atom stereocenters. The molecule has 2 amide bonds. The van der Waals surface area contributed by atoms with E-state index in [4.69, 9.17) is 5.73 Å². The second kappa shape index (κ2) is 3.56. The summed E-state index contributed by atoms with van der Waals surface area (Å²) >= 11 is 0. The molecule has 1 aromatic heterocycles. The van der Waals surface area contributed by atoms with Crippen LogP contribution < -0.4 is 11.1 Å². The van der Waals surface area contributed by atoms with Crippen LogP contribution in [0.3, 0.4) is 0 Å². The highest BCUT2D eigenvalue weighted by Crippen LogP contribution is 2.22. The number of nitrogens with two attached hydrogens (primary N) is 1. The van der Waals surface area contributed by atoms with E-state index in [0.29, 0.717) is 12.1 Å². The average molecular weight is 207 g/mol. The van der Waals surface area contributed by atoms with Crippen LogP contribution in [0.5, 0.6) is 0 Å². The van der Waals surface area contributed by atoms with Crippen molar-refractivity contribution in [3.8, 4) is 0 Å². The Labute approximate surface area is 85.4 Å². The Hall–Kier alpha value is -2.11. The fourth-order valence-electron chi connectivity index (χ4n) is 1.45. The lowest BCUT2D eigenvalue weighted by Gasteiger charge is -2.23. The Morgan fingerprint density at radius 1 is 1.67 bits per heavy atom. The van der Waals surface area contributed by atoms with Crippen LogP contribution in [0, 0.1) is 0 Å². The number of anilines is 1. The van der Waals surface area contributed by atoms with Gasteiger partial charge >= 0.3 is 6.09 Å². The zero-order valence-corrected chi connectivity index (χ0v) is 7.77. The average Bonchev–Trinajstić information content (AvgIpc) is 2.18. The molecule has 15 heavy (non-hydrogen) atoms. The first kappa shape index (κ1) is 9.45. The number of carbonyl (C=O) groups is 2. The Balaban J connectivity index is 2.22. The van der Waals surface area contributed by atoms with E-state index in [1.54, 1.807) is 18.5 Å². The number of nitrogens with zero attached hydrogens (tertiary/aromatic N) is 1. The molecule has 0 radical (unpaired) electrons. The Morgan fingerprint density at radius 2 is 2.47 bits per heavy atom. The van der Waals surface area contributed by atoms with E-state index in [1.165, 1.54) is 0 Å². The Bertz CT molecular complexity index is 419. The van der Waals surface area contributed by atoms with Crippen molar-refractivity contribution < 1.29 is 14.3 Å². The maximum absolute atomic E-state index is 11.4. The van der Waals surface area contributed by atoms with Gasteiger partial charge in [-0.2, -0.15) is 0 Å². The largest absolute Gasteiger partial charge is 0.436 e. The molecule has 0 saturated carbocycles. The predicted molar refractivity (Wildman–Crippen MR) is 51.0 cm³/mol. The van der Waals surface area contributed by atoms with Crippen LogP contribution in [0.25, 0.3) is 0 Å². The number of pyridine rings is 1. The van der Waals surface area contributed by atoms with Crippen LogP contribution in [0.2, 0.25) is 0 Å². The first-order valence-corrected chi connectivity index (χ1v) is 4.36. The number of hydrogen-bond acceptors (Lipinski definition) is 4. The van der Waals surface area contributed by atoms with Crippen LogP contribution in [0.4, 0.5) is 10.5 Å². The molecule has 3 N–H and O–H groups in total. The quantitative estimate of drug-likeness (QED) is 0.679. The van der Waals surface area contributed by atoms with Gasteiger partial charge in [-0.15, -0.1) is 0 Å². The number of rotatable bonds is 1. The molecular weight excluding hydrogens is 198 g/mol. The van der Waals surface area contributed by atoms with Crippen LogP contribution in [0.15, 0.2) is 18.5 Å². The van der Waals surface area contributed by atoms with Crippen molar-refractivity contribution in [2.75, 3.05) is 5.32 Å². The van der Waals surface area contributed by atoms with E-state index in [9.17, 15) is 9.59 Å². The van der Waals surface area contributed by atoms with E-state index in [-0.39, 0.29) is 5.91 Å². The minimum Gasteiger partial charge on any atom is -0.436 e. The van der Waals surface area contributed by atoms with Crippen molar-refractivity contribution in [2.45, 2.75) is 12.5 Å². The molecular formula is C9H9N3O3. The second-order valence-corrected chi connectivity index (χ2v) is 3.15. The normalized spacial score (nSPS) is 18.9. The Kier molecular flexibility index (Phi) is 2.24. The maximum atomic E-state index is 11.4. The number of ether oxygens (including phenoxy) is 1. The summed E-state index contributed by atoms with van der Waals surface area (Å²) in [5, 5.41) is 2.60. The molecule has 2 heterocycles. The molecule has 6 nitrogen and oxygen atoms in total. The first-order valence-electron chi connectivity index (χ1n) is 4.36. The van der Waals surface area contributed by atoms with E-state index < -0.39 is 12.2 Å². The summed E-state index contributed by atoms with van der Waals surface area (Å²) < 4.78 is 4.66. The van der Waals surface area contributed by atoms with Crippen molar-refractivity contribution in [1.29, 1.82) is 0 Å². The molecule has 78 valence electrons. The molecule has 0 spiro atoms. The monoisotopic (exact) mass is 207 g/mol. The Morgan fingerprint density at radius 3 is 3.20 bits per heavy atom. The second-order valence-electron chi connectivity index (χ2n) is 3.15. The van der Waals surface area contributed by atoms with Gasteiger partial charge in [0.05, 0.1) is 0 Å². The van der Waals surface area contributed by atoms with E-state index >= 15 is 0 Å². The molecule has 1 aliphatic heterocycles. The molecule has 2 rings (SSSR count). The van der Waals surface area contributed by atoms with Crippen molar-refractivity contribution in [1.82, 2.24) is 4.98 Å². The van der Waals surface area contributed by atoms with Crippen molar-refractivity contribution in [3.05, 3.63) is 24.0 Å². The maximum Gasteiger partial charge on any atom is 0.405 e. The molecule has 1 aliphatic rings. The summed E-state index contributed by atoms with van der Waals surface area (Å²) in [7, 11) is 0. The third kappa shape index (κ3) is 1.88. The number of fused-ring (bicyclic) bond motifs is 1. The number of amides is 2. The number of carbonyl (C=O) groups excluding carboxylic acids is 2. The fourth-order valence-corrected chi connectivity index (χ4v) is 1.45. The van der Waals surface area contributed by atoms with Gasteiger partial charge in [-0.3, -0.25) is 9.78 Å². The summed E-state index contributed by atoms with van der Waals surface area (Å²) in [5.41, 5.74) is 6.37. The van der Waals surface area contributed by atoms with Gasteiger partial charge in [0.2, 0.25) is 0 Å². The highest BCUT2D eigenvalue weighted by Gasteiger charge is 2.28. The van der Waals surface area contributed by atoms with Crippen LogP contribution in [0.1, 0.15) is 5.56 Å². The van der Waals surface area contributed by atoms with E-state index in [1.807, 2.05) is 0 Å².